The molecule has 8 aliphatic carbocycles. The lowest BCUT2D eigenvalue weighted by molar-refractivity contribution is -0.160. The summed E-state index contributed by atoms with van der Waals surface area (Å²) in [4.78, 5) is 24.9. The van der Waals surface area contributed by atoms with Crippen molar-refractivity contribution >= 4 is 23.7 Å². The van der Waals surface area contributed by atoms with Crippen LogP contribution in [0, 0.1) is 69.0 Å². The van der Waals surface area contributed by atoms with Gasteiger partial charge in [-0.05, 0) is 179 Å². The molecule has 0 bridgehead atoms. The third-order valence-electron chi connectivity index (χ3n) is 19.5. The first-order valence-electron chi connectivity index (χ1n) is 22.7. The number of hydrogen-bond acceptors (Lipinski definition) is 6. The molecular weight excluding hydrogens is 781 g/mol. The maximum Gasteiger partial charge on any atom is 0.161 e. The van der Waals surface area contributed by atoms with Gasteiger partial charge in [0.15, 0.2) is 11.6 Å². The molecule has 2 aromatic rings. The van der Waals surface area contributed by atoms with Crippen LogP contribution in [0.15, 0.2) is 23.5 Å². The summed E-state index contributed by atoms with van der Waals surface area (Å²) in [5.41, 5.74) is 6.05. The summed E-state index contributed by atoms with van der Waals surface area (Å²) in [5.74, 6) is 4.41. The van der Waals surface area contributed by atoms with Crippen LogP contribution < -0.4 is 0 Å². The average molecular weight is 875 g/mol. The van der Waals surface area contributed by atoms with Crippen molar-refractivity contribution in [2.75, 3.05) is 0 Å². The van der Waals surface area contributed by atoms with Crippen molar-refractivity contribution in [2.24, 2.45) is 76.1 Å². The van der Waals surface area contributed by atoms with E-state index in [1.165, 1.54) is 29.7 Å². The maximum absolute atomic E-state index is 12.4. The number of aliphatic hydroxyl groups is 2. The van der Waals surface area contributed by atoms with Crippen LogP contribution >= 0.6 is 0 Å². The van der Waals surface area contributed by atoms with E-state index in [1.54, 1.807) is 25.0 Å². The van der Waals surface area contributed by atoms with Gasteiger partial charge in [-0.25, -0.2) is 0 Å². The van der Waals surface area contributed by atoms with Gasteiger partial charge < -0.3 is 10.2 Å². The topological polar surface area (TPSA) is 110 Å². The van der Waals surface area contributed by atoms with E-state index in [0.717, 1.165) is 63.6 Å². The maximum atomic E-state index is 12.4. The third-order valence-corrected chi connectivity index (χ3v) is 19.5. The Hall–Kier alpha value is -2.84. The van der Waals surface area contributed by atoms with Crippen molar-refractivity contribution in [2.45, 2.75) is 202 Å². The number of allylic oxidation sites excluding steroid dienone is 2. The van der Waals surface area contributed by atoms with E-state index in [-0.39, 0.29) is 77.8 Å². The summed E-state index contributed by atoms with van der Waals surface area (Å²) in [6.45, 7) is 20.5. The Kier molecular flexibility index (Phi) is 15.4. The zero-order valence-electron chi connectivity index (χ0n) is 36.6. The van der Waals surface area contributed by atoms with E-state index in [9.17, 15) is 19.8 Å². The predicted octanol–water partition coefficient (Wildman–Crippen LogP) is 12.6. The number of carbonyl (C=O) groups excluding carboxylic acids is 2. The van der Waals surface area contributed by atoms with Crippen LogP contribution in [-0.2, 0) is 36.0 Å². The molecule has 2 heterocycles. The lowest BCUT2D eigenvalue weighted by Gasteiger charge is -2.60. The number of aryl methyl sites for hydroxylation is 2. The Morgan fingerprint density at radius 2 is 1.11 bits per heavy atom. The molecule has 8 nitrogen and oxygen atoms in total. The van der Waals surface area contributed by atoms with E-state index in [2.05, 4.69) is 87.9 Å². The van der Waals surface area contributed by atoms with Gasteiger partial charge in [0, 0.05) is 30.6 Å². The molecule has 8 heteroatoms. The van der Waals surface area contributed by atoms with E-state index in [0.29, 0.717) is 60.2 Å². The average Bonchev–Trinajstić information content (AvgIpc) is 3.87. The molecule has 6 fully saturated rings. The van der Waals surface area contributed by atoms with Crippen molar-refractivity contribution in [3.05, 3.63) is 46.1 Å². The second-order valence-corrected chi connectivity index (χ2v) is 21.8. The van der Waals surface area contributed by atoms with E-state index >= 15 is 0 Å². The molecular formula is C55H94N4O4. The van der Waals surface area contributed by atoms with Gasteiger partial charge in [0.1, 0.15) is 11.2 Å². The van der Waals surface area contributed by atoms with Crippen LogP contribution in [0.5, 0.6) is 0 Å². The molecule has 0 radical (unpaired) electrons. The molecule has 10 rings (SSSR count). The fourth-order valence-electron chi connectivity index (χ4n) is 16.6. The molecule has 0 aliphatic heterocycles. The molecule has 0 aromatic carbocycles. The van der Waals surface area contributed by atoms with Crippen LogP contribution in [0.25, 0.3) is 12.2 Å². The van der Waals surface area contributed by atoms with Gasteiger partial charge in [0.25, 0.3) is 0 Å². The minimum atomic E-state index is -1.12. The molecule has 63 heavy (non-hydrogen) atoms. The van der Waals surface area contributed by atoms with Gasteiger partial charge in [-0.3, -0.25) is 19.0 Å². The molecule has 0 unspecified atom stereocenters. The largest absolute Gasteiger partial charge is 0.382 e. The molecule has 8 aliphatic rings. The minimum absolute atomic E-state index is 0. The Bertz CT molecular complexity index is 2080. The molecule has 14 atom stereocenters. The molecule has 2 N–H and O–H groups in total. The first kappa shape index (κ1) is 54.5. The second kappa shape index (κ2) is 17.8. The predicted molar refractivity (Wildman–Crippen MR) is 264 cm³/mol. The summed E-state index contributed by atoms with van der Waals surface area (Å²) >= 11 is 0. The zero-order valence-corrected chi connectivity index (χ0v) is 36.6. The lowest BCUT2D eigenvalue weighted by Crippen LogP contribution is -2.58. The molecule has 2 aromatic heterocycles. The molecule has 358 valence electrons. The Labute approximate surface area is 385 Å². The number of nitrogens with zero attached hydrogens (tertiary/aromatic N) is 4. The summed E-state index contributed by atoms with van der Waals surface area (Å²) in [7, 11) is 2.02. The van der Waals surface area contributed by atoms with Crippen molar-refractivity contribution in [1.82, 2.24) is 19.6 Å². The monoisotopic (exact) mass is 875 g/mol. The van der Waals surface area contributed by atoms with Gasteiger partial charge in [-0.2, -0.15) is 10.2 Å². The first-order valence-corrected chi connectivity index (χ1v) is 22.7. The molecule has 0 saturated heterocycles. The number of carbonyl (C=O) groups is 2. The summed E-state index contributed by atoms with van der Waals surface area (Å²) in [5, 5.41) is 32.0. The minimum Gasteiger partial charge on any atom is -0.382 e. The third kappa shape index (κ3) is 7.17. The number of Topliss-reactive ketones (excluding diaryl/α,β-unsaturated/α-hetero) is 2. The Morgan fingerprint density at radius 1 is 0.683 bits per heavy atom. The van der Waals surface area contributed by atoms with Gasteiger partial charge in [0.05, 0.1) is 17.6 Å². The van der Waals surface area contributed by atoms with Crippen LogP contribution in [0.1, 0.15) is 194 Å². The van der Waals surface area contributed by atoms with Crippen LogP contribution in [-0.4, -0.2) is 52.5 Å². The van der Waals surface area contributed by atoms with Gasteiger partial charge in [-0.15, -0.1) is 0 Å². The van der Waals surface area contributed by atoms with E-state index in [4.69, 9.17) is 0 Å². The second-order valence-electron chi connectivity index (χ2n) is 21.8. The Morgan fingerprint density at radius 3 is 1.56 bits per heavy atom. The van der Waals surface area contributed by atoms with Gasteiger partial charge in [0.2, 0.25) is 0 Å². The highest BCUT2D eigenvalue weighted by atomic mass is 16.3. The van der Waals surface area contributed by atoms with Crippen molar-refractivity contribution < 1.29 is 19.8 Å². The molecule has 0 amide bonds. The summed E-state index contributed by atoms with van der Waals surface area (Å²) in [6, 6.07) is 0. The van der Waals surface area contributed by atoms with Crippen molar-refractivity contribution in [3.8, 4) is 0 Å². The summed E-state index contributed by atoms with van der Waals surface area (Å²) < 4.78 is 4.09. The highest BCUT2D eigenvalue weighted by Gasteiger charge is 2.68. The number of fused-ring (bicyclic) bond motifs is 12. The standard InChI is InChI=1S/C25H36N2O2.C24H34N2O2.6CH4/c1-6-27-22-12-21-15(2)11-18-19(23(21,4)13-17(22)14-26-27)7-9-24(5)20(18)8-10-25(24,29)16(3)28;1-14-10-17-18(6-8-23(4)19(17)7-9-24(23,28)15(2)27)22(3)12-16-13-26(5)25-21(16)11-20(14)22;;;;;;/h12,14-15,18-20,29H,6-11,13H2,1-5H3;11,13-14,17-19,28H,6-10,12H2,1-5H3;6*1H4/t15-,18+,19-,20-,23+,24-,25-;14-,17+,18-,19-,22+,23-,24-;;;;;;/m00....../s1. The highest BCUT2D eigenvalue weighted by Crippen LogP contribution is 2.70. The number of rotatable bonds is 3. The molecule has 6 saturated carbocycles. The lowest BCUT2D eigenvalue weighted by atomic mass is 9.44. The normalized spacial score (nSPS) is 41.8. The number of ketones is 2. The van der Waals surface area contributed by atoms with Gasteiger partial charge in [-0.1, -0.05) is 97.2 Å². The zero-order chi connectivity index (χ0) is 40.8. The SMILES string of the molecule is C.C.C.C.C.C.CC(=O)[C@@]1(O)CC[C@H]2[C@@H]3C[C@H](C)C4=Cc5nn(C)cc5C[C@]4(C)[C@H]3CC[C@@]21C.CCn1ncc2c1C=C1[C@@H](C)C[C@@H]3[C@H](CC[C@@]4(C)[C@H]3CC[C@]4(O)C(C)=O)[C@@]1(C)C2. The van der Waals surface area contributed by atoms with Crippen molar-refractivity contribution in [3.63, 3.8) is 0 Å². The number of hydrogen-bond donors (Lipinski definition) is 2. The van der Waals surface area contributed by atoms with E-state index in [1.807, 2.05) is 11.7 Å². The van der Waals surface area contributed by atoms with Crippen LogP contribution in [0.2, 0.25) is 0 Å². The highest BCUT2D eigenvalue weighted by molar-refractivity contribution is 5.87. The quantitative estimate of drug-likeness (QED) is 0.318. The fraction of sp³-hybridized carbons (Fsp3) is 0.782. The smallest absolute Gasteiger partial charge is 0.161 e. The van der Waals surface area contributed by atoms with E-state index < -0.39 is 11.2 Å². The van der Waals surface area contributed by atoms with Crippen molar-refractivity contribution in [1.29, 1.82) is 0 Å². The summed E-state index contributed by atoms with van der Waals surface area (Å²) in [6.07, 6.45) is 21.1. The molecule has 0 spiro atoms. The van der Waals surface area contributed by atoms with Crippen LogP contribution in [0.4, 0.5) is 0 Å². The number of aromatic nitrogens is 4. The Balaban J connectivity index is 0.000000306. The van der Waals surface area contributed by atoms with Crippen LogP contribution in [0.3, 0.4) is 0 Å². The first-order chi connectivity index (χ1) is 26.8. The fourth-order valence-corrected chi connectivity index (χ4v) is 16.6. The van der Waals surface area contributed by atoms with Gasteiger partial charge >= 0.3 is 0 Å².